The van der Waals surface area contributed by atoms with Gasteiger partial charge >= 0.3 is 0 Å². The smallest absolute Gasteiger partial charge is 0.248 e. The third-order valence-corrected chi connectivity index (χ3v) is 4.07. The summed E-state index contributed by atoms with van der Waals surface area (Å²) >= 11 is 0. The van der Waals surface area contributed by atoms with Gasteiger partial charge in [0.1, 0.15) is 6.54 Å². The number of benzene rings is 2. The number of carbonyl (C=O) groups excluding carboxylic acids is 1. The minimum atomic E-state index is -0.0369. The fourth-order valence-electron chi connectivity index (χ4n) is 3.07. The molecule has 0 unspecified atom stereocenters. The predicted molar refractivity (Wildman–Crippen MR) is 98.5 cm³/mol. The Bertz CT molecular complexity index is 777. The van der Waals surface area contributed by atoms with Gasteiger partial charge in [0.25, 0.3) is 0 Å². The number of hydrogen-bond donors (Lipinski definition) is 2. The number of aliphatic imine (C=N–C) groups is 1. The van der Waals surface area contributed by atoms with Gasteiger partial charge in [-0.05, 0) is 55.2 Å². The number of amides is 1. The van der Waals surface area contributed by atoms with Crippen molar-refractivity contribution in [2.75, 3.05) is 23.3 Å². The molecule has 1 aliphatic heterocycles. The number of aryl methyl sites for hydroxylation is 2. The first-order valence-electron chi connectivity index (χ1n) is 8.06. The molecule has 0 saturated heterocycles. The van der Waals surface area contributed by atoms with E-state index < -0.39 is 0 Å². The van der Waals surface area contributed by atoms with Gasteiger partial charge in [-0.3, -0.25) is 4.79 Å². The van der Waals surface area contributed by atoms with E-state index in [4.69, 9.17) is 5.73 Å². The molecule has 2 aromatic rings. The molecule has 0 radical (unpaired) electrons. The van der Waals surface area contributed by atoms with E-state index >= 15 is 0 Å². The van der Waals surface area contributed by atoms with Gasteiger partial charge in [-0.15, -0.1) is 0 Å². The molecule has 0 fully saturated rings. The molecule has 3 N–H and O–H groups in total. The van der Waals surface area contributed by atoms with Crippen LogP contribution in [0, 0.1) is 13.8 Å². The lowest BCUT2D eigenvalue weighted by Crippen LogP contribution is -2.32. The van der Waals surface area contributed by atoms with Crippen molar-refractivity contribution in [2.45, 2.75) is 20.3 Å². The van der Waals surface area contributed by atoms with Crippen molar-refractivity contribution in [3.8, 4) is 0 Å². The number of rotatable bonds is 3. The van der Waals surface area contributed by atoms with Crippen molar-refractivity contribution in [2.24, 2.45) is 10.7 Å². The Hall–Kier alpha value is -2.82. The first-order valence-corrected chi connectivity index (χ1v) is 8.06. The standard InChI is InChI=1S/C19H22N4O/c1-13-9-14(2)11-16(10-13)22-19(20)21-12-18(24)23-8-7-15-5-3-4-6-17(15)23/h3-6,9-11H,7-8,12H2,1-2H3,(H3,20,21,22). The summed E-state index contributed by atoms with van der Waals surface area (Å²) in [7, 11) is 0. The number of nitrogens with one attached hydrogen (secondary N) is 1. The van der Waals surface area contributed by atoms with Crippen molar-refractivity contribution >= 4 is 23.2 Å². The van der Waals surface area contributed by atoms with E-state index in [-0.39, 0.29) is 18.4 Å². The van der Waals surface area contributed by atoms with Gasteiger partial charge in [-0.2, -0.15) is 0 Å². The summed E-state index contributed by atoms with van der Waals surface area (Å²) in [5.74, 6) is 0.214. The van der Waals surface area contributed by atoms with Crippen LogP contribution in [0.15, 0.2) is 47.5 Å². The number of nitrogens with zero attached hydrogens (tertiary/aromatic N) is 2. The van der Waals surface area contributed by atoms with Crippen LogP contribution < -0.4 is 16.0 Å². The predicted octanol–water partition coefficient (Wildman–Crippen LogP) is 2.62. The molecule has 0 saturated carbocycles. The third kappa shape index (κ3) is 3.56. The minimum absolute atomic E-state index is 0.0369. The quantitative estimate of drug-likeness (QED) is 0.674. The molecule has 1 amide bonds. The van der Waals surface area contributed by atoms with Crippen molar-refractivity contribution in [3.63, 3.8) is 0 Å². The molecule has 0 bridgehead atoms. The average Bonchev–Trinajstić information content (AvgIpc) is 2.95. The van der Waals surface area contributed by atoms with Crippen LogP contribution in [-0.4, -0.2) is 25.0 Å². The van der Waals surface area contributed by atoms with Gasteiger partial charge in [0, 0.05) is 17.9 Å². The zero-order valence-corrected chi connectivity index (χ0v) is 14.0. The minimum Gasteiger partial charge on any atom is -0.370 e. The van der Waals surface area contributed by atoms with Crippen molar-refractivity contribution in [1.82, 2.24) is 0 Å². The number of nitrogens with two attached hydrogens (primary N) is 1. The fraction of sp³-hybridized carbons (Fsp3) is 0.263. The van der Waals surface area contributed by atoms with E-state index in [1.165, 1.54) is 5.56 Å². The largest absolute Gasteiger partial charge is 0.370 e. The maximum atomic E-state index is 12.4. The maximum absolute atomic E-state index is 12.4. The van der Waals surface area contributed by atoms with Gasteiger partial charge in [0.05, 0.1) is 0 Å². The van der Waals surface area contributed by atoms with Crippen LogP contribution in [0.1, 0.15) is 16.7 Å². The first kappa shape index (κ1) is 16.1. The van der Waals surface area contributed by atoms with E-state index in [1.807, 2.05) is 44.2 Å². The number of fused-ring (bicyclic) bond motifs is 1. The lowest BCUT2D eigenvalue weighted by atomic mass is 10.1. The molecular formula is C19H22N4O. The van der Waals surface area contributed by atoms with Crippen LogP contribution in [0.25, 0.3) is 0 Å². The molecule has 24 heavy (non-hydrogen) atoms. The van der Waals surface area contributed by atoms with Crippen LogP contribution in [0.3, 0.4) is 0 Å². The van der Waals surface area contributed by atoms with E-state index in [2.05, 4.69) is 22.4 Å². The Morgan fingerprint density at radius 2 is 1.92 bits per heavy atom. The molecule has 3 rings (SSSR count). The van der Waals surface area contributed by atoms with Gasteiger partial charge in [0.2, 0.25) is 5.91 Å². The molecule has 0 spiro atoms. The first-order chi connectivity index (χ1) is 11.5. The highest BCUT2D eigenvalue weighted by molar-refractivity contribution is 5.99. The second kappa shape index (κ2) is 6.74. The summed E-state index contributed by atoms with van der Waals surface area (Å²) in [6.07, 6.45) is 0.891. The Kier molecular flexibility index (Phi) is 4.51. The maximum Gasteiger partial charge on any atom is 0.248 e. The molecule has 1 heterocycles. The number of anilines is 2. The molecular weight excluding hydrogens is 300 g/mol. The van der Waals surface area contributed by atoms with E-state index in [0.717, 1.165) is 28.9 Å². The SMILES string of the molecule is Cc1cc(C)cc(NC(N)=NCC(=O)N2CCc3ccccc32)c1. The number of guanidine groups is 1. The monoisotopic (exact) mass is 322 g/mol. The van der Waals surface area contributed by atoms with Gasteiger partial charge in [-0.25, -0.2) is 4.99 Å². The zero-order chi connectivity index (χ0) is 17.1. The molecule has 0 aliphatic carbocycles. The topological polar surface area (TPSA) is 70.7 Å². The van der Waals surface area contributed by atoms with E-state index in [1.54, 1.807) is 4.90 Å². The fourth-order valence-corrected chi connectivity index (χ4v) is 3.07. The summed E-state index contributed by atoms with van der Waals surface area (Å²) < 4.78 is 0. The summed E-state index contributed by atoms with van der Waals surface area (Å²) in [6, 6.07) is 14.1. The Morgan fingerprint density at radius 3 is 2.67 bits per heavy atom. The number of para-hydroxylation sites is 1. The van der Waals surface area contributed by atoms with Crippen molar-refractivity contribution < 1.29 is 4.79 Å². The molecule has 5 nitrogen and oxygen atoms in total. The van der Waals surface area contributed by atoms with Crippen molar-refractivity contribution in [1.29, 1.82) is 0 Å². The summed E-state index contributed by atoms with van der Waals surface area (Å²) in [4.78, 5) is 18.4. The number of hydrogen-bond acceptors (Lipinski definition) is 2. The zero-order valence-electron chi connectivity index (χ0n) is 14.0. The van der Waals surface area contributed by atoms with E-state index in [0.29, 0.717) is 6.54 Å². The van der Waals surface area contributed by atoms with E-state index in [9.17, 15) is 4.79 Å². The molecule has 5 heteroatoms. The van der Waals surface area contributed by atoms with Gasteiger partial charge < -0.3 is 16.0 Å². The molecule has 2 aromatic carbocycles. The Balaban J connectivity index is 1.64. The number of carbonyl (C=O) groups is 1. The lowest BCUT2D eigenvalue weighted by Gasteiger charge is -2.16. The lowest BCUT2D eigenvalue weighted by molar-refractivity contribution is -0.117. The summed E-state index contributed by atoms with van der Waals surface area (Å²) in [5.41, 5.74) is 11.3. The molecule has 0 atom stereocenters. The Labute approximate surface area is 142 Å². The van der Waals surface area contributed by atoms with Gasteiger partial charge in [0.15, 0.2) is 5.96 Å². The van der Waals surface area contributed by atoms with Crippen molar-refractivity contribution in [3.05, 3.63) is 59.2 Å². The molecule has 0 aromatic heterocycles. The van der Waals surface area contributed by atoms with Crippen LogP contribution in [0.5, 0.6) is 0 Å². The van der Waals surface area contributed by atoms with Crippen LogP contribution in [0.2, 0.25) is 0 Å². The highest BCUT2D eigenvalue weighted by atomic mass is 16.2. The van der Waals surface area contributed by atoms with Crippen LogP contribution in [0.4, 0.5) is 11.4 Å². The average molecular weight is 322 g/mol. The van der Waals surface area contributed by atoms with Crippen LogP contribution >= 0.6 is 0 Å². The highest BCUT2D eigenvalue weighted by Crippen LogP contribution is 2.27. The second-order valence-corrected chi connectivity index (χ2v) is 6.13. The molecule has 1 aliphatic rings. The summed E-state index contributed by atoms with van der Waals surface area (Å²) in [6.45, 7) is 4.80. The highest BCUT2D eigenvalue weighted by Gasteiger charge is 2.23. The van der Waals surface area contributed by atoms with Crippen LogP contribution in [-0.2, 0) is 11.2 Å². The second-order valence-electron chi connectivity index (χ2n) is 6.13. The van der Waals surface area contributed by atoms with Gasteiger partial charge in [-0.1, -0.05) is 24.3 Å². The Morgan fingerprint density at radius 1 is 1.21 bits per heavy atom. The third-order valence-electron chi connectivity index (χ3n) is 4.07. The normalized spacial score (nSPS) is 13.8. The summed E-state index contributed by atoms with van der Waals surface area (Å²) in [5, 5.41) is 3.05. The molecule has 124 valence electrons.